The number of rotatable bonds is 12. The average molecular weight is 638 g/mol. The molecule has 4 aromatic carbocycles. The normalized spacial score (nSPS) is 14.1. The van der Waals surface area contributed by atoms with Crippen molar-refractivity contribution in [2.75, 3.05) is 10.8 Å². The molecule has 5 rings (SSSR count). The summed E-state index contributed by atoms with van der Waals surface area (Å²) < 4.78 is 29.6. The third-order valence-electron chi connectivity index (χ3n) is 8.55. The number of sulfonamides is 1. The number of nitrogens with zero attached hydrogens (tertiary/aromatic N) is 2. The van der Waals surface area contributed by atoms with Gasteiger partial charge >= 0.3 is 0 Å². The Morgan fingerprint density at radius 2 is 1.35 bits per heavy atom. The Bertz CT molecular complexity index is 1720. The van der Waals surface area contributed by atoms with Gasteiger partial charge in [-0.05, 0) is 80.1 Å². The van der Waals surface area contributed by atoms with Crippen LogP contribution >= 0.6 is 0 Å². The molecule has 1 aliphatic carbocycles. The molecule has 4 aromatic rings. The van der Waals surface area contributed by atoms with Crippen LogP contribution in [0, 0.1) is 20.8 Å². The molecule has 7 nitrogen and oxygen atoms in total. The number of aryl methyl sites for hydroxylation is 3. The van der Waals surface area contributed by atoms with Crippen LogP contribution in [0.15, 0.2) is 108 Å². The first kappa shape index (κ1) is 32.9. The lowest BCUT2D eigenvalue weighted by atomic mass is 10.0. The van der Waals surface area contributed by atoms with Crippen LogP contribution in [0.25, 0.3) is 0 Å². The van der Waals surface area contributed by atoms with Gasteiger partial charge in [-0.2, -0.15) is 0 Å². The van der Waals surface area contributed by atoms with E-state index in [9.17, 15) is 18.0 Å². The lowest BCUT2D eigenvalue weighted by molar-refractivity contribution is -0.140. The molecule has 0 spiro atoms. The molecule has 1 atom stereocenters. The van der Waals surface area contributed by atoms with E-state index in [2.05, 4.69) is 5.32 Å². The Hall–Kier alpha value is -4.43. The number of benzene rings is 4. The van der Waals surface area contributed by atoms with Crippen LogP contribution < -0.4 is 9.62 Å². The van der Waals surface area contributed by atoms with Gasteiger partial charge in [0.05, 0.1) is 10.6 Å². The van der Waals surface area contributed by atoms with E-state index in [1.165, 1.54) is 16.4 Å². The van der Waals surface area contributed by atoms with E-state index in [-0.39, 0.29) is 23.4 Å². The molecule has 46 heavy (non-hydrogen) atoms. The predicted octanol–water partition coefficient (Wildman–Crippen LogP) is 6.51. The summed E-state index contributed by atoms with van der Waals surface area (Å²) in [5, 5.41) is 3.22. The Labute approximate surface area is 273 Å². The molecule has 0 aromatic heterocycles. The number of carbonyl (C=O) groups excluding carboxylic acids is 2. The van der Waals surface area contributed by atoms with E-state index in [1.807, 2.05) is 81.4 Å². The van der Waals surface area contributed by atoms with Crippen molar-refractivity contribution in [3.8, 4) is 0 Å². The monoisotopic (exact) mass is 637 g/mol. The minimum atomic E-state index is -4.13. The molecule has 8 heteroatoms. The third-order valence-corrected chi connectivity index (χ3v) is 10.3. The van der Waals surface area contributed by atoms with E-state index in [1.54, 1.807) is 35.2 Å². The number of amides is 2. The van der Waals surface area contributed by atoms with Gasteiger partial charge in [-0.15, -0.1) is 0 Å². The van der Waals surface area contributed by atoms with Crippen LogP contribution in [-0.4, -0.2) is 43.8 Å². The molecule has 240 valence electrons. The summed E-state index contributed by atoms with van der Waals surface area (Å²) >= 11 is 0. The number of hydrogen-bond acceptors (Lipinski definition) is 4. The molecule has 2 amide bonds. The Morgan fingerprint density at radius 1 is 0.761 bits per heavy atom. The summed E-state index contributed by atoms with van der Waals surface area (Å²) in [5.74, 6) is -0.679. The lowest BCUT2D eigenvalue weighted by Gasteiger charge is -2.34. The van der Waals surface area contributed by atoms with Gasteiger partial charge in [0.1, 0.15) is 12.6 Å². The van der Waals surface area contributed by atoms with Gasteiger partial charge in [-0.3, -0.25) is 13.9 Å². The molecule has 0 radical (unpaired) electrons. The van der Waals surface area contributed by atoms with E-state index in [4.69, 9.17) is 0 Å². The van der Waals surface area contributed by atoms with Gasteiger partial charge in [-0.1, -0.05) is 97.3 Å². The summed E-state index contributed by atoms with van der Waals surface area (Å²) in [6.45, 7) is 5.49. The molecule has 1 saturated carbocycles. The maximum atomic E-state index is 14.7. The first-order valence-electron chi connectivity index (χ1n) is 16.0. The van der Waals surface area contributed by atoms with Crippen molar-refractivity contribution in [2.24, 2.45) is 0 Å². The molecule has 1 N–H and O–H groups in total. The van der Waals surface area contributed by atoms with E-state index < -0.39 is 28.5 Å². The van der Waals surface area contributed by atoms with Crippen LogP contribution in [0.4, 0.5) is 5.69 Å². The van der Waals surface area contributed by atoms with E-state index in [0.717, 1.165) is 53.5 Å². The summed E-state index contributed by atoms with van der Waals surface area (Å²) in [6.07, 6.45) is 4.23. The zero-order valence-corrected chi connectivity index (χ0v) is 27.7. The Balaban J connectivity index is 1.57. The molecule has 0 aliphatic heterocycles. The van der Waals surface area contributed by atoms with E-state index in [0.29, 0.717) is 12.1 Å². The molecule has 1 aliphatic rings. The van der Waals surface area contributed by atoms with Crippen molar-refractivity contribution in [1.82, 2.24) is 10.2 Å². The highest BCUT2D eigenvalue weighted by atomic mass is 32.2. The second-order valence-electron chi connectivity index (χ2n) is 12.4. The van der Waals surface area contributed by atoms with Gasteiger partial charge in [0.2, 0.25) is 11.8 Å². The molecule has 0 saturated heterocycles. The van der Waals surface area contributed by atoms with Crippen LogP contribution in [0.5, 0.6) is 0 Å². The number of carbonyl (C=O) groups is 2. The smallest absolute Gasteiger partial charge is 0.264 e. The van der Waals surface area contributed by atoms with Gasteiger partial charge < -0.3 is 10.2 Å². The van der Waals surface area contributed by atoms with Gasteiger partial charge in [0.15, 0.2) is 0 Å². The standard InChI is InChI=1S/C38H43N3O4S/c1-28-18-20-32(21-19-28)26-40(36(25-31-12-6-4-7-13-31)38(43)39-33-14-10-11-15-33)37(42)27-41(34-23-29(2)22-30(3)24-34)46(44,45)35-16-8-5-9-17-35/h4-9,12-13,16-24,33,36H,10-11,14-15,25-27H2,1-3H3,(H,39,43)/t36-/m1/s1. The fraction of sp³-hybridized carbons (Fsp3) is 0.316. The summed E-state index contributed by atoms with van der Waals surface area (Å²) in [6, 6.07) is 30.4. The van der Waals surface area contributed by atoms with Crippen molar-refractivity contribution >= 4 is 27.5 Å². The Morgan fingerprint density at radius 3 is 1.96 bits per heavy atom. The second-order valence-corrected chi connectivity index (χ2v) is 14.2. The third kappa shape index (κ3) is 8.23. The predicted molar refractivity (Wildman–Crippen MR) is 183 cm³/mol. The maximum absolute atomic E-state index is 14.7. The Kier molecular flexibility index (Phi) is 10.6. The topological polar surface area (TPSA) is 86.8 Å². The quantitative estimate of drug-likeness (QED) is 0.192. The van der Waals surface area contributed by atoms with Crippen molar-refractivity contribution in [3.63, 3.8) is 0 Å². The van der Waals surface area contributed by atoms with Crippen LogP contribution in [0.2, 0.25) is 0 Å². The molecule has 0 unspecified atom stereocenters. The lowest BCUT2D eigenvalue weighted by Crippen LogP contribution is -2.54. The van der Waals surface area contributed by atoms with Crippen molar-refractivity contribution in [3.05, 3.63) is 131 Å². The van der Waals surface area contributed by atoms with Gasteiger partial charge in [0.25, 0.3) is 10.0 Å². The molecular formula is C38H43N3O4S. The zero-order chi connectivity index (χ0) is 32.7. The molecule has 0 heterocycles. The highest BCUT2D eigenvalue weighted by molar-refractivity contribution is 7.92. The van der Waals surface area contributed by atoms with Crippen LogP contribution in [-0.2, 0) is 32.6 Å². The van der Waals surface area contributed by atoms with Crippen molar-refractivity contribution in [2.45, 2.75) is 76.4 Å². The molecule has 1 fully saturated rings. The van der Waals surface area contributed by atoms with Crippen LogP contribution in [0.1, 0.15) is 53.5 Å². The summed E-state index contributed by atoms with van der Waals surface area (Å²) in [4.78, 5) is 30.4. The molecular weight excluding hydrogens is 595 g/mol. The van der Waals surface area contributed by atoms with E-state index >= 15 is 0 Å². The number of hydrogen-bond donors (Lipinski definition) is 1. The highest BCUT2D eigenvalue weighted by Gasteiger charge is 2.35. The van der Waals surface area contributed by atoms with Gasteiger partial charge in [0, 0.05) is 19.0 Å². The zero-order valence-electron chi connectivity index (χ0n) is 26.9. The number of anilines is 1. The summed E-state index contributed by atoms with van der Waals surface area (Å²) in [5.41, 5.74) is 5.01. The molecule has 0 bridgehead atoms. The first-order valence-corrected chi connectivity index (χ1v) is 17.4. The second kappa shape index (κ2) is 14.8. The SMILES string of the molecule is Cc1ccc(CN(C(=O)CN(c2cc(C)cc(C)c2)S(=O)(=O)c2ccccc2)[C@H](Cc2ccccc2)C(=O)NC2CCCC2)cc1. The van der Waals surface area contributed by atoms with Crippen molar-refractivity contribution < 1.29 is 18.0 Å². The highest BCUT2D eigenvalue weighted by Crippen LogP contribution is 2.27. The average Bonchev–Trinajstić information content (AvgIpc) is 3.55. The minimum absolute atomic E-state index is 0.0623. The van der Waals surface area contributed by atoms with Gasteiger partial charge in [-0.25, -0.2) is 8.42 Å². The fourth-order valence-corrected chi connectivity index (χ4v) is 7.57. The van der Waals surface area contributed by atoms with Crippen LogP contribution in [0.3, 0.4) is 0 Å². The fourth-order valence-electron chi connectivity index (χ4n) is 6.15. The van der Waals surface area contributed by atoms with Crippen molar-refractivity contribution in [1.29, 1.82) is 0 Å². The maximum Gasteiger partial charge on any atom is 0.264 e. The minimum Gasteiger partial charge on any atom is -0.352 e. The summed E-state index contributed by atoms with van der Waals surface area (Å²) in [7, 11) is -4.13. The number of nitrogens with one attached hydrogen (secondary N) is 1. The largest absolute Gasteiger partial charge is 0.352 e. The first-order chi connectivity index (χ1) is 22.1.